The van der Waals surface area contributed by atoms with E-state index in [4.69, 9.17) is 4.74 Å². The molecule has 1 N–H and O–H groups in total. The molecule has 3 aromatic rings. The summed E-state index contributed by atoms with van der Waals surface area (Å²) in [6.45, 7) is 0. The molecule has 0 aliphatic carbocycles. The maximum absolute atomic E-state index is 13.0. The van der Waals surface area contributed by atoms with Crippen molar-refractivity contribution in [2.45, 2.75) is 6.42 Å². The van der Waals surface area contributed by atoms with Crippen molar-refractivity contribution >= 4 is 28.9 Å². The number of nitrogens with zero attached hydrogens (tertiary/aromatic N) is 1. The molecule has 1 unspecified atom stereocenters. The SMILES string of the molecule is COc1ccc(CC#Cc2ccc3c(c2)C(=O)/C(=C/c2ccncc2)[S+]([O-])N3)cc1. The third-order valence-corrected chi connectivity index (χ3v) is 5.69. The Balaban J connectivity index is 1.56. The predicted octanol–water partition coefficient (Wildman–Crippen LogP) is 4.00. The van der Waals surface area contributed by atoms with Crippen LogP contribution in [0.3, 0.4) is 0 Å². The Kier molecular flexibility index (Phi) is 5.84. The van der Waals surface area contributed by atoms with Crippen LogP contribution in [0.5, 0.6) is 5.75 Å². The van der Waals surface area contributed by atoms with Crippen LogP contribution in [0.1, 0.15) is 27.0 Å². The van der Waals surface area contributed by atoms with Gasteiger partial charge in [0.15, 0.2) is 0 Å². The molecule has 6 heteroatoms. The van der Waals surface area contributed by atoms with Crippen molar-refractivity contribution in [3.63, 3.8) is 0 Å². The van der Waals surface area contributed by atoms with Crippen LogP contribution >= 0.6 is 0 Å². The summed E-state index contributed by atoms with van der Waals surface area (Å²) in [4.78, 5) is 17.1. The number of methoxy groups -OCH3 is 1. The molecule has 5 nitrogen and oxygen atoms in total. The van der Waals surface area contributed by atoms with Gasteiger partial charge in [0, 0.05) is 30.5 Å². The van der Waals surface area contributed by atoms with Gasteiger partial charge in [0.1, 0.15) is 17.1 Å². The van der Waals surface area contributed by atoms with Gasteiger partial charge in [-0.2, -0.15) is 0 Å². The van der Waals surface area contributed by atoms with E-state index in [1.165, 1.54) is 0 Å². The molecule has 0 amide bonds. The first-order chi connectivity index (χ1) is 14.6. The minimum Gasteiger partial charge on any atom is -0.588 e. The van der Waals surface area contributed by atoms with Crippen molar-refractivity contribution in [3.8, 4) is 17.6 Å². The Morgan fingerprint density at radius 2 is 1.90 bits per heavy atom. The highest BCUT2D eigenvalue weighted by atomic mass is 32.2. The average molecular weight is 414 g/mol. The normalized spacial score (nSPS) is 16.3. The fraction of sp³-hybridized carbons (Fsp3) is 0.0833. The second-order valence-electron chi connectivity index (χ2n) is 6.58. The lowest BCUT2D eigenvalue weighted by Crippen LogP contribution is -2.27. The predicted molar refractivity (Wildman–Crippen MR) is 118 cm³/mol. The van der Waals surface area contributed by atoms with Gasteiger partial charge >= 0.3 is 0 Å². The number of ketones is 1. The van der Waals surface area contributed by atoms with E-state index < -0.39 is 11.4 Å². The minimum atomic E-state index is -1.61. The summed E-state index contributed by atoms with van der Waals surface area (Å²) in [5.74, 6) is 6.78. The standard InChI is InChI=1S/C24H18N2O3S/c1-29-20-8-5-17(6-9-20)3-2-4-18-7-10-22-21(15-18)24(27)23(30(28)26-22)16-19-11-13-25-14-12-19/h5-16,26H,3H2,1H3/b23-16-. The summed E-state index contributed by atoms with van der Waals surface area (Å²) in [5.41, 5.74) is 3.59. The number of carbonyl (C=O) groups is 1. The summed E-state index contributed by atoms with van der Waals surface area (Å²) >= 11 is -1.61. The van der Waals surface area contributed by atoms with Crippen LogP contribution in [-0.2, 0) is 17.8 Å². The van der Waals surface area contributed by atoms with Crippen LogP contribution in [0, 0.1) is 11.8 Å². The lowest BCUT2D eigenvalue weighted by Gasteiger charge is -2.21. The number of benzene rings is 2. The van der Waals surface area contributed by atoms with Gasteiger partial charge in [0.25, 0.3) is 0 Å². The summed E-state index contributed by atoms with van der Waals surface area (Å²) < 4.78 is 20.5. The molecule has 0 saturated heterocycles. The Morgan fingerprint density at radius 3 is 2.63 bits per heavy atom. The Labute approximate surface area is 178 Å². The van der Waals surface area contributed by atoms with Gasteiger partial charge in [0.2, 0.25) is 10.7 Å². The van der Waals surface area contributed by atoms with Gasteiger partial charge in [-0.05, 0) is 53.6 Å². The number of hydrogen-bond donors (Lipinski definition) is 1. The number of anilines is 1. The number of rotatable bonds is 3. The van der Waals surface area contributed by atoms with Crippen LogP contribution in [0.25, 0.3) is 6.08 Å². The first kappa shape index (κ1) is 19.8. The molecule has 1 atom stereocenters. The molecule has 0 radical (unpaired) electrons. The molecule has 2 aromatic carbocycles. The van der Waals surface area contributed by atoms with Crippen molar-refractivity contribution in [1.82, 2.24) is 4.98 Å². The first-order valence-corrected chi connectivity index (χ1v) is 10.4. The van der Waals surface area contributed by atoms with Gasteiger partial charge in [-0.1, -0.05) is 24.0 Å². The van der Waals surface area contributed by atoms with Crippen LogP contribution < -0.4 is 9.46 Å². The van der Waals surface area contributed by atoms with E-state index in [1.807, 2.05) is 30.3 Å². The van der Waals surface area contributed by atoms with E-state index in [1.54, 1.807) is 49.8 Å². The molecule has 0 saturated carbocycles. The number of carbonyl (C=O) groups excluding carboxylic acids is 1. The molecule has 1 aliphatic heterocycles. The van der Waals surface area contributed by atoms with Gasteiger partial charge in [-0.25, -0.2) is 4.72 Å². The highest BCUT2D eigenvalue weighted by molar-refractivity contribution is 7.97. The van der Waals surface area contributed by atoms with Gasteiger partial charge in [-0.15, -0.1) is 0 Å². The molecular formula is C24H18N2O3S. The molecule has 0 fully saturated rings. The molecule has 0 bridgehead atoms. The smallest absolute Gasteiger partial charge is 0.245 e. The summed E-state index contributed by atoms with van der Waals surface area (Å²) in [7, 11) is 1.63. The number of allylic oxidation sites excluding steroid dienone is 1. The number of aromatic nitrogens is 1. The van der Waals surface area contributed by atoms with Gasteiger partial charge in [0.05, 0.1) is 18.4 Å². The molecule has 0 spiro atoms. The number of fused-ring (bicyclic) bond motifs is 1. The third-order valence-electron chi connectivity index (χ3n) is 4.58. The van der Waals surface area contributed by atoms with E-state index in [9.17, 15) is 9.35 Å². The number of pyridine rings is 1. The largest absolute Gasteiger partial charge is 0.588 e. The zero-order chi connectivity index (χ0) is 20.9. The van der Waals surface area contributed by atoms with Crippen molar-refractivity contribution in [2.24, 2.45) is 0 Å². The zero-order valence-electron chi connectivity index (χ0n) is 16.2. The maximum Gasteiger partial charge on any atom is 0.245 e. The van der Waals surface area contributed by atoms with E-state index >= 15 is 0 Å². The van der Waals surface area contributed by atoms with Crippen LogP contribution in [-0.4, -0.2) is 22.4 Å². The van der Waals surface area contributed by atoms with Gasteiger partial charge in [-0.3, -0.25) is 9.78 Å². The molecule has 1 aliphatic rings. The van der Waals surface area contributed by atoms with E-state index in [0.29, 0.717) is 17.7 Å². The second-order valence-corrected chi connectivity index (χ2v) is 7.76. The minimum absolute atomic E-state index is 0.206. The van der Waals surface area contributed by atoms with E-state index in [0.717, 1.165) is 22.4 Å². The Morgan fingerprint density at radius 1 is 1.13 bits per heavy atom. The quantitative estimate of drug-likeness (QED) is 0.398. The highest BCUT2D eigenvalue weighted by Gasteiger charge is 2.33. The van der Waals surface area contributed by atoms with Crippen LogP contribution in [0.2, 0.25) is 0 Å². The molecule has 2 heterocycles. The lowest BCUT2D eigenvalue weighted by molar-refractivity contribution is 0.104. The van der Waals surface area contributed by atoms with Crippen molar-refractivity contribution in [2.75, 3.05) is 11.8 Å². The fourth-order valence-corrected chi connectivity index (χ4v) is 4.00. The lowest BCUT2D eigenvalue weighted by atomic mass is 10.0. The topological polar surface area (TPSA) is 74.3 Å². The first-order valence-electron chi connectivity index (χ1n) is 9.25. The monoisotopic (exact) mass is 414 g/mol. The Hall–Kier alpha value is -3.53. The maximum atomic E-state index is 13.0. The van der Waals surface area contributed by atoms with E-state index in [-0.39, 0.29) is 10.7 Å². The molecule has 148 valence electrons. The van der Waals surface area contributed by atoms with Crippen molar-refractivity contribution < 1.29 is 14.1 Å². The second kappa shape index (κ2) is 8.87. The molecule has 30 heavy (non-hydrogen) atoms. The third kappa shape index (κ3) is 4.38. The molecular weight excluding hydrogens is 396 g/mol. The number of hydrogen-bond acceptors (Lipinski definition) is 5. The van der Waals surface area contributed by atoms with Crippen molar-refractivity contribution in [3.05, 3.63) is 94.1 Å². The average Bonchev–Trinajstić information content (AvgIpc) is 2.78. The fourth-order valence-electron chi connectivity index (χ4n) is 2.99. The summed E-state index contributed by atoms with van der Waals surface area (Å²) in [6.07, 6.45) is 5.46. The zero-order valence-corrected chi connectivity index (χ0v) is 17.0. The van der Waals surface area contributed by atoms with Crippen LogP contribution in [0.15, 0.2) is 71.9 Å². The highest BCUT2D eigenvalue weighted by Crippen LogP contribution is 2.31. The molecule has 4 rings (SSSR count). The number of Topliss-reactive ketones (excluding diaryl/α,β-unsaturated/α-hetero) is 1. The van der Waals surface area contributed by atoms with E-state index in [2.05, 4.69) is 21.5 Å². The number of nitrogens with one attached hydrogen (secondary N) is 1. The molecule has 1 aromatic heterocycles. The van der Waals surface area contributed by atoms with Crippen molar-refractivity contribution in [1.29, 1.82) is 0 Å². The summed E-state index contributed by atoms with van der Waals surface area (Å²) in [6, 6.07) is 16.6. The Bertz CT molecular complexity index is 1160. The number of ether oxygens (including phenoxy) is 1. The van der Waals surface area contributed by atoms with Crippen LogP contribution in [0.4, 0.5) is 5.69 Å². The van der Waals surface area contributed by atoms with Gasteiger partial charge < -0.3 is 9.29 Å². The summed E-state index contributed by atoms with van der Waals surface area (Å²) in [5, 5.41) is 0.